The first-order valence-corrected chi connectivity index (χ1v) is 8.09. The molecule has 0 aromatic heterocycles. The molecule has 1 heterocycles. The van der Waals surface area contributed by atoms with E-state index in [1.807, 2.05) is 11.9 Å². The summed E-state index contributed by atoms with van der Waals surface area (Å²) in [6.07, 6.45) is 7.97. The van der Waals surface area contributed by atoms with Gasteiger partial charge in [-0.15, -0.1) is 0 Å². The van der Waals surface area contributed by atoms with Crippen molar-refractivity contribution < 1.29 is 9.53 Å². The van der Waals surface area contributed by atoms with Crippen LogP contribution in [0.15, 0.2) is 0 Å². The minimum atomic E-state index is 0.0770. The molecular formula is C16H28N2O2. The Hall–Kier alpha value is -0.770. The SMILES string of the molecule is CN(C(=O)NC1CCOC2(CCCC2)C1)C1CC1(C)C. The topological polar surface area (TPSA) is 41.6 Å². The third-order valence-electron chi connectivity index (χ3n) is 5.58. The zero-order valence-corrected chi connectivity index (χ0v) is 13.1. The van der Waals surface area contributed by atoms with E-state index in [4.69, 9.17) is 4.74 Å². The highest BCUT2D eigenvalue weighted by atomic mass is 16.5. The van der Waals surface area contributed by atoms with Crippen molar-refractivity contribution in [1.82, 2.24) is 10.2 Å². The van der Waals surface area contributed by atoms with Crippen molar-refractivity contribution in [3.8, 4) is 0 Å². The Bertz CT molecular complexity index is 388. The lowest BCUT2D eigenvalue weighted by Gasteiger charge is -2.39. The molecule has 3 rings (SSSR count). The summed E-state index contributed by atoms with van der Waals surface area (Å²) in [6.45, 7) is 5.25. The average Bonchev–Trinajstić information content (AvgIpc) is 2.81. The van der Waals surface area contributed by atoms with E-state index in [-0.39, 0.29) is 11.6 Å². The standard InChI is InChI=1S/C16H28N2O2/c1-15(2)11-13(15)18(3)14(19)17-12-6-9-20-16(10-12)7-4-5-8-16/h12-13H,4-11H2,1-3H3,(H,17,19). The van der Waals surface area contributed by atoms with Gasteiger partial charge in [-0.25, -0.2) is 4.79 Å². The Morgan fingerprint density at radius 2 is 1.90 bits per heavy atom. The molecule has 0 aromatic rings. The molecule has 0 bridgehead atoms. The number of carbonyl (C=O) groups excluding carboxylic acids is 1. The van der Waals surface area contributed by atoms with Gasteiger partial charge in [0, 0.05) is 25.7 Å². The number of carbonyl (C=O) groups is 1. The predicted octanol–water partition coefficient (Wildman–Crippen LogP) is 2.92. The van der Waals surface area contributed by atoms with E-state index in [1.54, 1.807) is 0 Å². The lowest BCUT2D eigenvalue weighted by Crippen LogP contribution is -2.51. The van der Waals surface area contributed by atoms with Crippen molar-refractivity contribution in [2.45, 2.75) is 76.5 Å². The van der Waals surface area contributed by atoms with Crippen LogP contribution in [0.5, 0.6) is 0 Å². The second kappa shape index (κ2) is 4.90. The number of amides is 2. The fourth-order valence-electron chi connectivity index (χ4n) is 4.04. The van der Waals surface area contributed by atoms with Crippen molar-refractivity contribution in [3.05, 3.63) is 0 Å². The lowest BCUT2D eigenvalue weighted by atomic mass is 9.89. The number of urea groups is 1. The molecule has 4 nitrogen and oxygen atoms in total. The van der Waals surface area contributed by atoms with Gasteiger partial charge in [0.15, 0.2) is 0 Å². The van der Waals surface area contributed by atoms with Crippen LogP contribution in [0.2, 0.25) is 0 Å². The molecule has 3 fully saturated rings. The van der Waals surface area contributed by atoms with Gasteiger partial charge in [-0.3, -0.25) is 0 Å². The van der Waals surface area contributed by atoms with Gasteiger partial charge in [-0.05, 0) is 37.5 Å². The summed E-state index contributed by atoms with van der Waals surface area (Å²) in [5, 5.41) is 3.24. The summed E-state index contributed by atoms with van der Waals surface area (Å²) < 4.78 is 6.03. The zero-order chi connectivity index (χ0) is 14.4. The Labute approximate surface area is 122 Å². The van der Waals surface area contributed by atoms with Crippen LogP contribution in [-0.4, -0.2) is 42.3 Å². The Morgan fingerprint density at radius 3 is 2.50 bits per heavy atom. The van der Waals surface area contributed by atoms with Gasteiger partial charge in [0.25, 0.3) is 0 Å². The second-order valence-corrected chi connectivity index (χ2v) is 7.70. The van der Waals surface area contributed by atoms with Crippen molar-refractivity contribution in [2.75, 3.05) is 13.7 Å². The van der Waals surface area contributed by atoms with Gasteiger partial charge in [0.05, 0.1) is 5.60 Å². The second-order valence-electron chi connectivity index (χ2n) is 7.70. The molecule has 114 valence electrons. The van der Waals surface area contributed by atoms with Crippen molar-refractivity contribution in [3.63, 3.8) is 0 Å². The smallest absolute Gasteiger partial charge is 0.317 e. The van der Waals surface area contributed by atoms with Gasteiger partial charge in [-0.2, -0.15) is 0 Å². The molecule has 2 aliphatic carbocycles. The maximum atomic E-state index is 12.4. The van der Waals surface area contributed by atoms with Gasteiger partial charge in [-0.1, -0.05) is 26.7 Å². The van der Waals surface area contributed by atoms with Gasteiger partial charge < -0.3 is 15.0 Å². The highest BCUT2D eigenvalue weighted by Crippen LogP contribution is 2.48. The maximum Gasteiger partial charge on any atom is 0.317 e. The first kappa shape index (κ1) is 14.2. The van der Waals surface area contributed by atoms with Crippen LogP contribution in [0.3, 0.4) is 0 Å². The van der Waals surface area contributed by atoms with Crippen LogP contribution in [0.25, 0.3) is 0 Å². The van der Waals surface area contributed by atoms with Gasteiger partial charge >= 0.3 is 6.03 Å². The van der Waals surface area contributed by atoms with Gasteiger partial charge in [0.1, 0.15) is 0 Å². The molecule has 3 aliphatic rings. The van der Waals surface area contributed by atoms with E-state index in [2.05, 4.69) is 19.2 Å². The highest BCUT2D eigenvalue weighted by Gasteiger charge is 2.50. The molecular weight excluding hydrogens is 252 g/mol. The molecule has 1 N–H and O–H groups in total. The highest BCUT2D eigenvalue weighted by molar-refractivity contribution is 5.75. The van der Waals surface area contributed by atoms with E-state index in [9.17, 15) is 4.79 Å². The molecule has 2 saturated carbocycles. The van der Waals surface area contributed by atoms with E-state index < -0.39 is 0 Å². The largest absolute Gasteiger partial charge is 0.375 e. The summed E-state index contributed by atoms with van der Waals surface area (Å²) in [7, 11) is 1.93. The molecule has 4 heteroatoms. The van der Waals surface area contributed by atoms with Crippen LogP contribution in [0, 0.1) is 5.41 Å². The monoisotopic (exact) mass is 280 g/mol. The molecule has 0 radical (unpaired) electrons. The number of hydrogen-bond acceptors (Lipinski definition) is 2. The quantitative estimate of drug-likeness (QED) is 0.845. The van der Waals surface area contributed by atoms with Crippen LogP contribution in [0.1, 0.15) is 58.8 Å². The van der Waals surface area contributed by atoms with E-state index in [1.165, 1.54) is 25.7 Å². The first-order valence-electron chi connectivity index (χ1n) is 8.09. The molecule has 0 aromatic carbocycles. The summed E-state index contributed by atoms with van der Waals surface area (Å²) in [5.41, 5.74) is 0.377. The van der Waals surface area contributed by atoms with E-state index >= 15 is 0 Å². The summed E-state index contributed by atoms with van der Waals surface area (Å²) in [4.78, 5) is 14.3. The average molecular weight is 280 g/mol. The number of nitrogens with one attached hydrogen (secondary N) is 1. The van der Waals surface area contributed by atoms with Crippen molar-refractivity contribution >= 4 is 6.03 Å². The van der Waals surface area contributed by atoms with Crippen LogP contribution in [0.4, 0.5) is 4.79 Å². The first-order chi connectivity index (χ1) is 9.42. The lowest BCUT2D eigenvalue weighted by molar-refractivity contribution is -0.0823. The molecule has 1 aliphatic heterocycles. The van der Waals surface area contributed by atoms with Crippen LogP contribution < -0.4 is 5.32 Å². The van der Waals surface area contributed by atoms with Gasteiger partial charge in [0.2, 0.25) is 0 Å². The molecule has 2 unspecified atom stereocenters. The maximum absolute atomic E-state index is 12.4. The Kier molecular flexibility index (Phi) is 3.47. The summed E-state index contributed by atoms with van der Waals surface area (Å²) in [6, 6.07) is 0.794. The minimum Gasteiger partial charge on any atom is -0.375 e. The molecule has 20 heavy (non-hydrogen) atoms. The van der Waals surface area contributed by atoms with E-state index in [0.717, 1.165) is 25.9 Å². The van der Waals surface area contributed by atoms with Crippen molar-refractivity contribution in [1.29, 1.82) is 0 Å². The fraction of sp³-hybridized carbons (Fsp3) is 0.938. The fourth-order valence-corrected chi connectivity index (χ4v) is 4.04. The summed E-state index contributed by atoms with van der Waals surface area (Å²) in [5.74, 6) is 0. The predicted molar refractivity (Wildman–Crippen MR) is 78.7 cm³/mol. The van der Waals surface area contributed by atoms with Crippen molar-refractivity contribution in [2.24, 2.45) is 5.41 Å². The Morgan fingerprint density at radius 1 is 1.25 bits per heavy atom. The number of hydrogen-bond donors (Lipinski definition) is 1. The normalized spacial score (nSPS) is 34.0. The Balaban J connectivity index is 1.53. The molecule has 2 amide bonds. The third kappa shape index (κ3) is 2.67. The third-order valence-corrected chi connectivity index (χ3v) is 5.58. The van der Waals surface area contributed by atoms with Crippen LogP contribution in [-0.2, 0) is 4.74 Å². The number of rotatable bonds is 2. The zero-order valence-electron chi connectivity index (χ0n) is 13.1. The minimum absolute atomic E-state index is 0.0770. The molecule has 1 spiro atoms. The summed E-state index contributed by atoms with van der Waals surface area (Å²) >= 11 is 0. The van der Waals surface area contributed by atoms with Crippen LogP contribution >= 0.6 is 0 Å². The molecule has 1 saturated heterocycles. The van der Waals surface area contributed by atoms with E-state index in [0.29, 0.717) is 17.5 Å². The molecule has 2 atom stereocenters. The number of nitrogens with zero attached hydrogens (tertiary/aromatic N) is 1. The number of ether oxygens (including phenoxy) is 1.